The molecule has 3 aromatic rings. The summed E-state index contributed by atoms with van der Waals surface area (Å²) in [5.74, 6) is -0.215. The first-order chi connectivity index (χ1) is 16.4. The molecule has 34 heavy (non-hydrogen) atoms. The molecular formula is C29H30N2O3. The second-order valence-corrected chi connectivity index (χ2v) is 8.61. The van der Waals surface area contributed by atoms with Gasteiger partial charge in [-0.1, -0.05) is 55.8 Å². The molecule has 5 nitrogen and oxygen atoms in total. The van der Waals surface area contributed by atoms with Crippen molar-refractivity contribution in [1.29, 1.82) is 0 Å². The minimum atomic E-state index is -0.381. The molecule has 0 aromatic heterocycles. The molecule has 4 rings (SSSR count). The maximum Gasteiger partial charge on any atom is 0.282 e. The van der Waals surface area contributed by atoms with Gasteiger partial charge in [-0.25, -0.2) is 4.90 Å². The summed E-state index contributed by atoms with van der Waals surface area (Å²) in [6.07, 6.45) is 3.19. The predicted octanol–water partition coefficient (Wildman–Crippen LogP) is 6.05. The Kier molecular flexibility index (Phi) is 6.82. The van der Waals surface area contributed by atoms with Gasteiger partial charge in [-0.2, -0.15) is 0 Å². The number of imide groups is 1. The topological polar surface area (TPSA) is 58.6 Å². The fourth-order valence-electron chi connectivity index (χ4n) is 4.18. The average molecular weight is 455 g/mol. The summed E-state index contributed by atoms with van der Waals surface area (Å²) in [7, 11) is 1.56. The van der Waals surface area contributed by atoms with E-state index in [1.807, 2.05) is 74.5 Å². The molecule has 1 aliphatic rings. The van der Waals surface area contributed by atoms with E-state index in [0.29, 0.717) is 22.6 Å². The Bertz CT molecular complexity index is 1260. The smallest absolute Gasteiger partial charge is 0.282 e. The van der Waals surface area contributed by atoms with Crippen LogP contribution in [0.3, 0.4) is 0 Å². The van der Waals surface area contributed by atoms with Crippen molar-refractivity contribution in [2.75, 3.05) is 17.3 Å². The van der Waals surface area contributed by atoms with Gasteiger partial charge in [0.05, 0.1) is 18.4 Å². The molecule has 2 amide bonds. The highest BCUT2D eigenvalue weighted by Gasteiger charge is 2.41. The average Bonchev–Trinajstić information content (AvgIpc) is 3.09. The van der Waals surface area contributed by atoms with Crippen molar-refractivity contribution in [3.63, 3.8) is 0 Å². The number of hydrogen-bond acceptors (Lipinski definition) is 4. The first-order valence-corrected chi connectivity index (χ1v) is 11.6. The minimum absolute atomic E-state index is 0.248. The fraction of sp³-hybridized carbons (Fsp3) is 0.241. The Morgan fingerprint density at radius 3 is 2.35 bits per heavy atom. The molecule has 1 N–H and O–H groups in total. The van der Waals surface area contributed by atoms with Crippen molar-refractivity contribution in [2.45, 2.75) is 40.0 Å². The van der Waals surface area contributed by atoms with Crippen molar-refractivity contribution >= 4 is 28.8 Å². The van der Waals surface area contributed by atoms with E-state index in [9.17, 15) is 9.59 Å². The number of methoxy groups -OCH3 is 1. The summed E-state index contributed by atoms with van der Waals surface area (Å²) in [6.45, 7) is 6.12. The van der Waals surface area contributed by atoms with Gasteiger partial charge in [0.2, 0.25) is 0 Å². The largest absolute Gasteiger partial charge is 0.496 e. The van der Waals surface area contributed by atoms with Crippen molar-refractivity contribution in [2.24, 2.45) is 0 Å². The molecule has 3 aromatic carbocycles. The normalized spacial score (nSPS) is 13.6. The molecule has 0 unspecified atom stereocenters. The lowest BCUT2D eigenvalue weighted by atomic mass is 10.0. The van der Waals surface area contributed by atoms with E-state index >= 15 is 0 Å². The SMILES string of the molecule is CCCCc1ccc(N2C(=O)C(Nc3cc(C)ccc3C)=C(c3ccccc3OC)C2=O)cc1. The van der Waals surface area contributed by atoms with E-state index < -0.39 is 0 Å². The van der Waals surface area contributed by atoms with Crippen LogP contribution in [0.2, 0.25) is 0 Å². The summed E-state index contributed by atoms with van der Waals surface area (Å²) >= 11 is 0. The van der Waals surface area contributed by atoms with Gasteiger partial charge in [-0.3, -0.25) is 9.59 Å². The molecule has 1 heterocycles. The summed E-state index contributed by atoms with van der Waals surface area (Å²) in [5, 5.41) is 3.28. The first-order valence-electron chi connectivity index (χ1n) is 11.6. The van der Waals surface area contributed by atoms with Gasteiger partial charge in [0.15, 0.2) is 0 Å². The van der Waals surface area contributed by atoms with Crippen LogP contribution in [0.15, 0.2) is 72.4 Å². The van der Waals surface area contributed by atoms with Crippen LogP contribution in [-0.4, -0.2) is 18.9 Å². The zero-order chi connectivity index (χ0) is 24.2. The number of unbranched alkanes of at least 4 members (excludes halogenated alkanes) is 1. The number of benzene rings is 3. The molecule has 0 saturated heterocycles. The number of para-hydroxylation sites is 1. The Morgan fingerprint density at radius 1 is 0.912 bits per heavy atom. The molecule has 0 fully saturated rings. The van der Waals surface area contributed by atoms with Gasteiger partial charge in [0.1, 0.15) is 11.4 Å². The lowest BCUT2D eigenvalue weighted by Gasteiger charge is -2.16. The number of rotatable bonds is 8. The molecule has 0 atom stereocenters. The zero-order valence-corrected chi connectivity index (χ0v) is 20.1. The highest BCUT2D eigenvalue weighted by atomic mass is 16.5. The van der Waals surface area contributed by atoms with Crippen LogP contribution in [0.25, 0.3) is 5.57 Å². The van der Waals surface area contributed by atoms with Crippen LogP contribution in [0.1, 0.15) is 42.0 Å². The van der Waals surface area contributed by atoms with Crippen LogP contribution >= 0.6 is 0 Å². The number of anilines is 2. The molecule has 0 bridgehead atoms. The minimum Gasteiger partial charge on any atom is -0.496 e. The van der Waals surface area contributed by atoms with E-state index in [-0.39, 0.29) is 17.5 Å². The number of nitrogens with one attached hydrogen (secondary N) is 1. The highest BCUT2D eigenvalue weighted by Crippen LogP contribution is 2.37. The number of carbonyl (C=O) groups excluding carboxylic acids is 2. The van der Waals surface area contributed by atoms with Gasteiger partial charge in [0, 0.05) is 11.3 Å². The van der Waals surface area contributed by atoms with E-state index in [1.54, 1.807) is 13.2 Å². The monoisotopic (exact) mass is 454 g/mol. The Morgan fingerprint density at radius 2 is 1.65 bits per heavy atom. The Balaban J connectivity index is 1.79. The van der Waals surface area contributed by atoms with Gasteiger partial charge < -0.3 is 10.1 Å². The van der Waals surface area contributed by atoms with Crippen LogP contribution < -0.4 is 15.0 Å². The predicted molar refractivity (Wildman–Crippen MR) is 137 cm³/mol. The molecule has 0 radical (unpaired) electrons. The Hall–Kier alpha value is -3.86. The lowest BCUT2D eigenvalue weighted by molar-refractivity contribution is -0.120. The summed E-state index contributed by atoms with van der Waals surface area (Å²) < 4.78 is 5.53. The number of hydrogen-bond donors (Lipinski definition) is 1. The van der Waals surface area contributed by atoms with Crippen molar-refractivity contribution < 1.29 is 14.3 Å². The number of amides is 2. The summed E-state index contributed by atoms with van der Waals surface area (Å²) in [4.78, 5) is 28.7. The molecule has 174 valence electrons. The summed E-state index contributed by atoms with van der Waals surface area (Å²) in [6, 6.07) is 20.9. The van der Waals surface area contributed by atoms with Gasteiger partial charge in [-0.15, -0.1) is 0 Å². The van der Waals surface area contributed by atoms with Gasteiger partial charge >= 0.3 is 0 Å². The van der Waals surface area contributed by atoms with E-state index in [1.165, 1.54) is 10.5 Å². The Labute approximate surface area is 201 Å². The quantitative estimate of drug-likeness (QED) is 0.421. The van der Waals surface area contributed by atoms with Crippen molar-refractivity contribution in [3.05, 3.63) is 94.7 Å². The maximum atomic E-state index is 13.7. The lowest BCUT2D eigenvalue weighted by Crippen LogP contribution is -2.32. The molecular weight excluding hydrogens is 424 g/mol. The highest BCUT2D eigenvalue weighted by molar-refractivity contribution is 6.46. The number of aryl methyl sites for hydroxylation is 3. The molecule has 0 saturated carbocycles. The van der Waals surface area contributed by atoms with Gasteiger partial charge in [-0.05, 0) is 67.6 Å². The second-order valence-electron chi connectivity index (χ2n) is 8.61. The van der Waals surface area contributed by atoms with Crippen LogP contribution in [-0.2, 0) is 16.0 Å². The van der Waals surface area contributed by atoms with Crippen LogP contribution in [0.4, 0.5) is 11.4 Å². The third kappa shape index (κ3) is 4.46. The first kappa shape index (κ1) is 23.3. The third-order valence-corrected chi connectivity index (χ3v) is 6.13. The zero-order valence-electron chi connectivity index (χ0n) is 20.1. The number of carbonyl (C=O) groups is 2. The van der Waals surface area contributed by atoms with E-state index in [4.69, 9.17) is 4.74 Å². The number of ether oxygens (including phenoxy) is 1. The van der Waals surface area contributed by atoms with Crippen molar-refractivity contribution in [3.8, 4) is 5.75 Å². The molecule has 0 aliphatic carbocycles. The third-order valence-electron chi connectivity index (χ3n) is 6.13. The maximum absolute atomic E-state index is 13.7. The van der Waals surface area contributed by atoms with Gasteiger partial charge in [0.25, 0.3) is 11.8 Å². The summed E-state index contributed by atoms with van der Waals surface area (Å²) in [5.41, 5.74) is 5.72. The van der Waals surface area contributed by atoms with Crippen molar-refractivity contribution in [1.82, 2.24) is 0 Å². The van der Waals surface area contributed by atoms with Crippen LogP contribution in [0, 0.1) is 13.8 Å². The fourth-order valence-corrected chi connectivity index (χ4v) is 4.18. The molecule has 5 heteroatoms. The molecule has 0 spiro atoms. The number of nitrogens with zero attached hydrogens (tertiary/aromatic N) is 1. The molecule has 1 aliphatic heterocycles. The van der Waals surface area contributed by atoms with E-state index in [0.717, 1.165) is 36.1 Å². The van der Waals surface area contributed by atoms with Crippen LogP contribution in [0.5, 0.6) is 5.75 Å². The second kappa shape index (κ2) is 9.96. The van der Waals surface area contributed by atoms with E-state index in [2.05, 4.69) is 12.2 Å². The standard InChI is InChI=1S/C29H30N2O3/c1-5-6-9-21-14-16-22(17-15-21)31-28(32)26(23-10-7-8-11-25(23)34-4)27(29(31)33)30-24-18-19(2)12-13-20(24)3/h7-8,10-18,30H,5-6,9H2,1-4H3.